The van der Waals surface area contributed by atoms with Gasteiger partial charge in [0, 0.05) is 43.6 Å². The molecule has 148 valence electrons. The molecule has 0 aliphatic carbocycles. The Labute approximate surface area is 161 Å². The molecule has 0 spiro atoms. The molecule has 1 aliphatic rings. The maximum Gasteiger partial charge on any atom is 0.165 e. The molecule has 2 aromatic heterocycles. The van der Waals surface area contributed by atoms with Crippen molar-refractivity contribution in [3.05, 3.63) is 48.2 Å². The summed E-state index contributed by atoms with van der Waals surface area (Å²) in [5.41, 5.74) is 8.42. The minimum Gasteiger partial charge on any atom is -0.494 e. The predicted molar refractivity (Wildman–Crippen MR) is 103 cm³/mol. The monoisotopic (exact) mass is 386 g/mol. The van der Waals surface area contributed by atoms with Crippen LogP contribution in [-0.4, -0.2) is 56.9 Å². The van der Waals surface area contributed by atoms with E-state index in [0.29, 0.717) is 24.6 Å². The molecular weight excluding hydrogens is 363 g/mol. The molecule has 0 saturated carbocycles. The van der Waals surface area contributed by atoms with E-state index in [9.17, 15) is 9.50 Å². The molecular formula is C19H23FN6O2. The molecule has 1 saturated heterocycles. The quantitative estimate of drug-likeness (QED) is 0.611. The highest BCUT2D eigenvalue weighted by Crippen LogP contribution is 2.27. The van der Waals surface area contributed by atoms with Crippen molar-refractivity contribution in [1.29, 1.82) is 0 Å². The standard InChI is InChI=1S/C19H23FN6O2/c1-28-17-8-13(2-3-14(17)20)24-19-18-12(4-7-26(18)23-11-22-19)9-25-6-5-15(21)16(27)10-25/h2-4,7-8,11,15-16,27H,5-6,9-10,21H2,1H3,(H,22,23,24)/t15-,16+/m0/s1. The fourth-order valence-corrected chi connectivity index (χ4v) is 3.51. The maximum atomic E-state index is 13.7. The van der Waals surface area contributed by atoms with Crippen LogP contribution in [-0.2, 0) is 6.54 Å². The van der Waals surface area contributed by atoms with Gasteiger partial charge in [-0.15, -0.1) is 0 Å². The molecule has 0 unspecified atom stereocenters. The largest absolute Gasteiger partial charge is 0.494 e. The van der Waals surface area contributed by atoms with Crippen molar-refractivity contribution < 1.29 is 14.2 Å². The Morgan fingerprint density at radius 2 is 2.25 bits per heavy atom. The number of nitrogens with two attached hydrogens (primary N) is 1. The third-order valence-corrected chi connectivity index (χ3v) is 5.06. The van der Waals surface area contributed by atoms with Gasteiger partial charge in [0.05, 0.1) is 13.2 Å². The zero-order chi connectivity index (χ0) is 19.7. The molecule has 28 heavy (non-hydrogen) atoms. The number of likely N-dealkylation sites (tertiary alicyclic amines) is 1. The molecule has 0 radical (unpaired) electrons. The summed E-state index contributed by atoms with van der Waals surface area (Å²) < 4.78 is 20.5. The number of benzene rings is 1. The van der Waals surface area contributed by atoms with E-state index in [-0.39, 0.29) is 11.8 Å². The van der Waals surface area contributed by atoms with Crippen LogP contribution in [0, 0.1) is 5.82 Å². The van der Waals surface area contributed by atoms with Gasteiger partial charge in [-0.1, -0.05) is 0 Å². The van der Waals surface area contributed by atoms with E-state index in [4.69, 9.17) is 10.5 Å². The van der Waals surface area contributed by atoms with E-state index < -0.39 is 11.9 Å². The Bertz CT molecular complexity index is 978. The van der Waals surface area contributed by atoms with Crippen LogP contribution < -0.4 is 15.8 Å². The molecule has 1 fully saturated rings. The second-order valence-corrected chi connectivity index (χ2v) is 6.97. The molecule has 9 heteroatoms. The number of fused-ring (bicyclic) bond motifs is 1. The summed E-state index contributed by atoms with van der Waals surface area (Å²) >= 11 is 0. The molecule has 3 heterocycles. The topological polar surface area (TPSA) is 101 Å². The van der Waals surface area contributed by atoms with Gasteiger partial charge in [-0.2, -0.15) is 5.10 Å². The number of methoxy groups -OCH3 is 1. The Balaban J connectivity index is 1.62. The summed E-state index contributed by atoms with van der Waals surface area (Å²) in [6, 6.07) is 6.37. The first-order valence-electron chi connectivity index (χ1n) is 9.13. The van der Waals surface area contributed by atoms with Gasteiger partial charge in [-0.25, -0.2) is 13.9 Å². The lowest BCUT2D eigenvalue weighted by atomic mass is 10.0. The van der Waals surface area contributed by atoms with Gasteiger partial charge in [-0.05, 0) is 30.2 Å². The van der Waals surface area contributed by atoms with E-state index in [1.807, 2.05) is 12.3 Å². The van der Waals surface area contributed by atoms with Gasteiger partial charge >= 0.3 is 0 Å². The van der Waals surface area contributed by atoms with Crippen molar-refractivity contribution in [3.8, 4) is 5.75 Å². The summed E-state index contributed by atoms with van der Waals surface area (Å²) in [5.74, 6) is 0.341. The fourth-order valence-electron chi connectivity index (χ4n) is 3.51. The lowest BCUT2D eigenvalue weighted by molar-refractivity contribution is 0.0501. The van der Waals surface area contributed by atoms with Crippen LogP contribution in [0.3, 0.4) is 0 Å². The van der Waals surface area contributed by atoms with E-state index in [0.717, 1.165) is 24.0 Å². The number of aliphatic hydroxyl groups excluding tert-OH is 1. The number of aliphatic hydroxyl groups is 1. The second-order valence-electron chi connectivity index (χ2n) is 6.97. The summed E-state index contributed by atoms with van der Waals surface area (Å²) in [7, 11) is 1.43. The van der Waals surface area contributed by atoms with E-state index in [1.54, 1.807) is 16.6 Å². The average molecular weight is 386 g/mol. The first kappa shape index (κ1) is 18.6. The molecule has 4 N–H and O–H groups in total. The lowest BCUT2D eigenvalue weighted by Gasteiger charge is -2.33. The van der Waals surface area contributed by atoms with Crippen molar-refractivity contribution in [2.45, 2.75) is 25.1 Å². The number of ether oxygens (including phenoxy) is 1. The van der Waals surface area contributed by atoms with Crippen LogP contribution in [0.2, 0.25) is 0 Å². The van der Waals surface area contributed by atoms with Gasteiger partial charge in [0.2, 0.25) is 0 Å². The number of halogens is 1. The van der Waals surface area contributed by atoms with Crippen molar-refractivity contribution in [2.24, 2.45) is 5.73 Å². The highest BCUT2D eigenvalue weighted by Gasteiger charge is 2.25. The number of nitrogens with zero attached hydrogens (tertiary/aromatic N) is 4. The summed E-state index contributed by atoms with van der Waals surface area (Å²) in [4.78, 5) is 6.54. The van der Waals surface area contributed by atoms with Gasteiger partial charge in [0.25, 0.3) is 0 Å². The fraction of sp³-hybridized carbons (Fsp3) is 0.368. The SMILES string of the molecule is COc1cc(Nc2ncnn3ccc(CN4CC[C@H](N)[C@H](O)C4)c23)ccc1F. The number of nitrogens with one attached hydrogen (secondary N) is 1. The summed E-state index contributed by atoms with van der Waals surface area (Å²) in [6.45, 7) is 2.00. The summed E-state index contributed by atoms with van der Waals surface area (Å²) in [6.07, 6.45) is 3.56. The number of rotatable bonds is 5. The highest BCUT2D eigenvalue weighted by atomic mass is 19.1. The molecule has 1 aliphatic heterocycles. The summed E-state index contributed by atoms with van der Waals surface area (Å²) in [5, 5.41) is 17.5. The van der Waals surface area contributed by atoms with Crippen LogP contribution in [0.4, 0.5) is 15.9 Å². The number of anilines is 2. The highest BCUT2D eigenvalue weighted by molar-refractivity contribution is 5.76. The Kier molecular flexibility index (Phi) is 5.12. The molecule has 2 atom stereocenters. The van der Waals surface area contributed by atoms with Gasteiger partial charge in [0.1, 0.15) is 11.8 Å². The maximum absolute atomic E-state index is 13.7. The van der Waals surface area contributed by atoms with Crippen LogP contribution in [0.5, 0.6) is 5.75 Å². The minimum atomic E-state index is -0.525. The van der Waals surface area contributed by atoms with Crippen LogP contribution in [0.1, 0.15) is 12.0 Å². The molecule has 8 nitrogen and oxygen atoms in total. The third kappa shape index (κ3) is 3.64. The Morgan fingerprint density at radius 3 is 3.04 bits per heavy atom. The first-order chi connectivity index (χ1) is 13.5. The van der Waals surface area contributed by atoms with Gasteiger partial charge in [-0.3, -0.25) is 4.90 Å². The van der Waals surface area contributed by atoms with Gasteiger partial charge in [0.15, 0.2) is 17.4 Å². The van der Waals surface area contributed by atoms with Crippen molar-refractivity contribution in [3.63, 3.8) is 0 Å². The van der Waals surface area contributed by atoms with Crippen molar-refractivity contribution in [2.75, 3.05) is 25.5 Å². The number of β-amino-alcohol motifs (C(OH)–C–C–N with tert-alkyl or cyclic N) is 1. The van der Waals surface area contributed by atoms with Crippen LogP contribution in [0.25, 0.3) is 5.52 Å². The van der Waals surface area contributed by atoms with Gasteiger partial charge < -0.3 is 20.9 Å². The molecule has 1 aromatic carbocycles. The van der Waals surface area contributed by atoms with Crippen molar-refractivity contribution in [1.82, 2.24) is 19.5 Å². The van der Waals surface area contributed by atoms with Crippen LogP contribution >= 0.6 is 0 Å². The van der Waals surface area contributed by atoms with Crippen molar-refractivity contribution >= 4 is 17.0 Å². The number of hydrogen-bond acceptors (Lipinski definition) is 7. The lowest BCUT2D eigenvalue weighted by Crippen LogP contribution is -2.50. The second kappa shape index (κ2) is 7.70. The average Bonchev–Trinajstić information content (AvgIpc) is 3.10. The smallest absolute Gasteiger partial charge is 0.165 e. The zero-order valence-electron chi connectivity index (χ0n) is 15.5. The van der Waals surface area contributed by atoms with E-state index in [2.05, 4.69) is 20.3 Å². The number of piperidine rings is 1. The number of hydrogen-bond donors (Lipinski definition) is 3. The normalized spacial score (nSPS) is 20.4. The molecule has 0 amide bonds. The first-order valence-corrected chi connectivity index (χ1v) is 9.13. The predicted octanol–water partition coefficient (Wildman–Crippen LogP) is 1.51. The van der Waals surface area contributed by atoms with E-state index >= 15 is 0 Å². The Hall–Kier alpha value is -2.75. The molecule has 4 rings (SSSR count). The zero-order valence-corrected chi connectivity index (χ0v) is 15.5. The minimum absolute atomic E-state index is 0.157. The third-order valence-electron chi connectivity index (χ3n) is 5.06. The van der Waals surface area contributed by atoms with E-state index in [1.165, 1.54) is 19.5 Å². The number of aromatic nitrogens is 3. The van der Waals surface area contributed by atoms with Crippen LogP contribution in [0.15, 0.2) is 36.8 Å². The molecule has 0 bridgehead atoms. The molecule has 3 aromatic rings. The Morgan fingerprint density at radius 1 is 1.39 bits per heavy atom.